The lowest BCUT2D eigenvalue weighted by Crippen LogP contribution is -2.31. The summed E-state index contributed by atoms with van der Waals surface area (Å²) in [6, 6.07) is 1.75. The summed E-state index contributed by atoms with van der Waals surface area (Å²) < 4.78 is 4.28. The molecule has 2 amide bonds. The van der Waals surface area contributed by atoms with Crippen molar-refractivity contribution in [3.05, 3.63) is 35.4 Å². The second-order valence-corrected chi connectivity index (χ2v) is 6.07. The fourth-order valence-corrected chi connectivity index (χ4v) is 2.61. The maximum Gasteiger partial charge on any atom is 0.323 e. The van der Waals surface area contributed by atoms with Crippen molar-refractivity contribution in [3.63, 3.8) is 0 Å². The van der Waals surface area contributed by atoms with E-state index in [-0.39, 0.29) is 6.03 Å². The van der Waals surface area contributed by atoms with Crippen molar-refractivity contribution in [2.75, 3.05) is 12.4 Å². The second-order valence-electron chi connectivity index (χ2n) is 5.32. The fraction of sp³-hybridized carbons (Fsp3) is 0.429. The van der Waals surface area contributed by atoms with Gasteiger partial charge in [0.2, 0.25) is 5.13 Å². The molecule has 1 saturated carbocycles. The van der Waals surface area contributed by atoms with E-state index >= 15 is 0 Å². The Bertz CT molecular complexity index is 652. The Morgan fingerprint density at radius 3 is 3.05 bits per heavy atom. The summed E-state index contributed by atoms with van der Waals surface area (Å²) in [6.07, 6.45) is 5.85. The number of aromatic nitrogens is 3. The lowest BCUT2D eigenvalue weighted by Gasteiger charge is -2.17. The highest BCUT2D eigenvalue weighted by atomic mass is 32.1. The van der Waals surface area contributed by atoms with E-state index < -0.39 is 0 Å². The van der Waals surface area contributed by atoms with Gasteiger partial charge in [0.25, 0.3) is 0 Å². The van der Waals surface area contributed by atoms with Crippen molar-refractivity contribution in [1.29, 1.82) is 0 Å². The predicted molar refractivity (Wildman–Crippen MR) is 81.3 cm³/mol. The Hall–Kier alpha value is -2.02. The molecule has 1 fully saturated rings. The normalized spacial score (nSPS) is 14.0. The summed E-state index contributed by atoms with van der Waals surface area (Å²) in [5.41, 5.74) is 2.16. The average Bonchev–Trinajstić information content (AvgIpc) is 3.22. The summed E-state index contributed by atoms with van der Waals surface area (Å²) in [6.45, 7) is 2.52. The minimum Gasteiger partial charge on any atom is -0.323 e. The van der Waals surface area contributed by atoms with Crippen LogP contribution in [0, 0.1) is 6.92 Å². The number of carbonyl (C=O) groups is 1. The first kappa shape index (κ1) is 13.9. The van der Waals surface area contributed by atoms with Crippen LogP contribution in [0.1, 0.15) is 35.7 Å². The number of hydrogen-bond donors (Lipinski definition) is 1. The summed E-state index contributed by atoms with van der Waals surface area (Å²) >= 11 is 1.24. The van der Waals surface area contributed by atoms with E-state index in [1.54, 1.807) is 24.3 Å². The van der Waals surface area contributed by atoms with Gasteiger partial charge in [0.15, 0.2) is 0 Å². The topological polar surface area (TPSA) is 71.0 Å². The molecule has 7 heteroatoms. The standard InChI is InChI=1S/C14H17N5OS/c1-9-5-6-15-7-11(9)8-19(2)14(20)17-13-16-12(18-21-13)10-3-4-10/h5-7,10H,3-4,8H2,1-2H3,(H,16,17,18,20). The zero-order chi connectivity index (χ0) is 14.8. The van der Waals surface area contributed by atoms with E-state index in [1.807, 2.05) is 13.0 Å². The highest BCUT2D eigenvalue weighted by Crippen LogP contribution is 2.39. The first-order valence-corrected chi connectivity index (χ1v) is 7.66. The minimum atomic E-state index is -0.184. The van der Waals surface area contributed by atoms with Crippen LogP contribution in [-0.4, -0.2) is 32.3 Å². The van der Waals surface area contributed by atoms with Gasteiger partial charge in [0, 0.05) is 43.4 Å². The number of rotatable bonds is 4. The molecule has 21 heavy (non-hydrogen) atoms. The van der Waals surface area contributed by atoms with Crippen LogP contribution in [0.25, 0.3) is 0 Å². The SMILES string of the molecule is Cc1ccncc1CN(C)C(=O)Nc1nc(C2CC2)ns1. The molecule has 0 atom stereocenters. The van der Waals surface area contributed by atoms with Crippen molar-refractivity contribution < 1.29 is 4.79 Å². The highest BCUT2D eigenvalue weighted by molar-refractivity contribution is 7.09. The maximum absolute atomic E-state index is 12.2. The molecule has 0 saturated heterocycles. The van der Waals surface area contributed by atoms with E-state index in [0.717, 1.165) is 29.8 Å². The summed E-state index contributed by atoms with van der Waals surface area (Å²) in [7, 11) is 1.75. The zero-order valence-electron chi connectivity index (χ0n) is 12.0. The third kappa shape index (κ3) is 3.36. The molecule has 2 aromatic rings. The summed E-state index contributed by atoms with van der Waals surface area (Å²) in [4.78, 5) is 22.2. The van der Waals surface area contributed by atoms with Gasteiger partial charge in [-0.2, -0.15) is 4.37 Å². The van der Waals surface area contributed by atoms with Crippen LogP contribution in [0.4, 0.5) is 9.93 Å². The molecular weight excluding hydrogens is 286 g/mol. The highest BCUT2D eigenvalue weighted by Gasteiger charge is 2.28. The predicted octanol–water partition coefficient (Wildman–Crippen LogP) is 2.78. The van der Waals surface area contributed by atoms with E-state index in [1.165, 1.54) is 11.5 Å². The number of hydrogen-bond acceptors (Lipinski definition) is 5. The molecule has 1 N–H and O–H groups in total. The third-order valence-electron chi connectivity index (χ3n) is 3.50. The van der Waals surface area contributed by atoms with Crippen molar-refractivity contribution in [2.24, 2.45) is 0 Å². The number of nitrogens with zero attached hydrogens (tertiary/aromatic N) is 4. The van der Waals surface area contributed by atoms with Gasteiger partial charge in [-0.1, -0.05) is 0 Å². The van der Waals surface area contributed by atoms with E-state index in [2.05, 4.69) is 19.7 Å². The molecule has 3 rings (SSSR count). The van der Waals surface area contributed by atoms with E-state index in [0.29, 0.717) is 17.6 Å². The Labute approximate surface area is 127 Å². The van der Waals surface area contributed by atoms with Crippen LogP contribution in [0.3, 0.4) is 0 Å². The number of amides is 2. The molecule has 0 aliphatic heterocycles. The van der Waals surface area contributed by atoms with Crippen molar-refractivity contribution in [3.8, 4) is 0 Å². The monoisotopic (exact) mass is 303 g/mol. The van der Waals surface area contributed by atoms with Gasteiger partial charge in [0.05, 0.1) is 0 Å². The second kappa shape index (κ2) is 5.77. The van der Waals surface area contributed by atoms with Crippen molar-refractivity contribution in [1.82, 2.24) is 19.2 Å². The fourth-order valence-electron chi connectivity index (χ4n) is 1.97. The van der Waals surface area contributed by atoms with Gasteiger partial charge in [-0.25, -0.2) is 9.78 Å². The summed E-state index contributed by atoms with van der Waals surface area (Å²) in [5, 5.41) is 3.36. The van der Waals surface area contributed by atoms with Crippen LogP contribution in [0.2, 0.25) is 0 Å². The van der Waals surface area contributed by atoms with Gasteiger partial charge in [-0.15, -0.1) is 0 Å². The van der Waals surface area contributed by atoms with Gasteiger partial charge in [0.1, 0.15) is 5.82 Å². The van der Waals surface area contributed by atoms with Crippen LogP contribution < -0.4 is 5.32 Å². The molecule has 0 bridgehead atoms. The molecular formula is C14H17N5OS. The minimum absolute atomic E-state index is 0.184. The molecule has 2 heterocycles. The number of nitrogens with one attached hydrogen (secondary N) is 1. The molecule has 1 aliphatic carbocycles. The number of carbonyl (C=O) groups excluding carboxylic acids is 1. The average molecular weight is 303 g/mol. The maximum atomic E-state index is 12.2. The van der Waals surface area contributed by atoms with Gasteiger partial charge >= 0.3 is 6.03 Å². The lowest BCUT2D eigenvalue weighted by atomic mass is 10.1. The number of anilines is 1. The first-order chi connectivity index (χ1) is 10.1. The Kier molecular flexibility index (Phi) is 3.83. The molecule has 6 nitrogen and oxygen atoms in total. The van der Waals surface area contributed by atoms with Crippen LogP contribution in [0.5, 0.6) is 0 Å². The van der Waals surface area contributed by atoms with Crippen LogP contribution >= 0.6 is 11.5 Å². The smallest absolute Gasteiger partial charge is 0.323 e. The molecule has 0 unspecified atom stereocenters. The van der Waals surface area contributed by atoms with Crippen LogP contribution in [0.15, 0.2) is 18.5 Å². The number of pyridine rings is 1. The Balaban J connectivity index is 1.60. The lowest BCUT2D eigenvalue weighted by molar-refractivity contribution is 0.220. The van der Waals surface area contributed by atoms with E-state index in [4.69, 9.17) is 0 Å². The Morgan fingerprint density at radius 2 is 2.33 bits per heavy atom. The first-order valence-electron chi connectivity index (χ1n) is 6.88. The van der Waals surface area contributed by atoms with Gasteiger partial charge in [-0.05, 0) is 37.0 Å². The Morgan fingerprint density at radius 1 is 1.52 bits per heavy atom. The van der Waals surface area contributed by atoms with E-state index in [9.17, 15) is 4.79 Å². The molecule has 110 valence electrons. The largest absolute Gasteiger partial charge is 0.323 e. The summed E-state index contributed by atoms with van der Waals surface area (Å²) in [5.74, 6) is 1.36. The molecule has 0 spiro atoms. The van der Waals surface area contributed by atoms with Gasteiger partial charge < -0.3 is 4.90 Å². The quantitative estimate of drug-likeness (QED) is 0.942. The molecule has 2 aromatic heterocycles. The van der Waals surface area contributed by atoms with Crippen molar-refractivity contribution >= 4 is 22.7 Å². The van der Waals surface area contributed by atoms with Gasteiger partial charge in [-0.3, -0.25) is 10.3 Å². The van der Waals surface area contributed by atoms with Crippen molar-refractivity contribution in [2.45, 2.75) is 32.2 Å². The number of aryl methyl sites for hydroxylation is 1. The zero-order valence-corrected chi connectivity index (χ0v) is 12.9. The number of urea groups is 1. The van der Waals surface area contributed by atoms with Crippen LogP contribution in [-0.2, 0) is 6.54 Å². The molecule has 0 aromatic carbocycles. The molecule has 1 aliphatic rings. The molecule has 0 radical (unpaired) electrons. The third-order valence-corrected chi connectivity index (χ3v) is 4.14.